The molecule has 0 radical (unpaired) electrons. The van der Waals surface area contributed by atoms with E-state index in [0.29, 0.717) is 30.4 Å². The molecule has 0 aliphatic carbocycles. The lowest BCUT2D eigenvalue weighted by Gasteiger charge is -2.41. The Hall–Kier alpha value is 0.300. The molecule has 15 heavy (non-hydrogen) atoms. The van der Waals surface area contributed by atoms with Gasteiger partial charge in [0.25, 0.3) is 5.92 Å². The molecule has 0 saturated carbocycles. The summed E-state index contributed by atoms with van der Waals surface area (Å²) in [5.41, 5.74) is 0. The molecule has 2 atom stereocenters. The number of nitrogens with zero attached hydrogens (tertiary/aromatic N) is 1. The molecule has 0 aromatic rings. The summed E-state index contributed by atoms with van der Waals surface area (Å²) in [5.74, 6) is -2.50. The van der Waals surface area contributed by atoms with Crippen LogP contribution in [0.4, 0.5) is 8.78 Å². The van der Waals surface area contributed by atoms with Crippen LogP contribution in [0.1, 0.15) is 27.2 Å². The predicted octanol–water partition coefficient (Wildman–Crippen LogP) is 3.38. The first-order chi connectivity index (χ1) is 6.88. The largest absolute Gasteiger partial charge is 0.300 e. The summed E-state index contributed by atoms with van der Waals surface area (Å²) in [6.07, 6.45) is 0.000324. The van der Waals surface area contributed by atoms with E-state index in [0.717, 1.165) is 0 Å². The van der Waals surface area contributed by atoms with Crippen molar-refractivity contribution in [2.75, 3.05) is 18.4 Å². The molecule has 1 heterocycles. The monoisotopic (exact) mass is 283 g/mol. The van der Waals surface area contributed by atoms with Gasteiger partial charge in [-0.1, -0.05) is 29.8 Å². The zero-order chi connectivity index (χ0) is 11.6. The van der Waals surface area contributed by atoms with Crippen molar-refractivity contribution in [2.24, 2.45) is 11.8 Å². The van der Waals surface area contributed by atoms with Crippen molar-refractivity contribution in [1.29, 1.82) is 0 Å². The predicted molar refractivity (Wildman–Crippen MR) is 62.7 cm³/mol. The minimum atomic E-state index is -2.49. The molecule has 0 aromatic heterocycles. The molecular formula is C11H20BrF2N. The summed E-state index contributed by atoms with van der Waals surface area (Å²) < 4.78 is 26.9. The molecule has 1 fully saturated rings. The average Bonchev–Trinajstić information content (AvgIpc) is 2.16. The van der Waals surface area contributed by atoms with E-state index in [1.807, 2.05) is 0 Å². The van der Waals surface area contributed by atoms with Gasteiger partial charge in [-0.05, 0) is 12.8 Å². The van der Waals surface area contributed by atoms with Gasteiger partial charge in [0.05, 0.1) is 0 Å². The molecule has 1 rings (SSSR count). The van der Waals surface area contributed by atoms with Crippen molar-refractivity contribution < 1.29 is 8.78 Å². The van der Waals surface area contributed by atoms with Crippen LogP contribution in [0.2, 0.25) is 0 Å². The van der Waals surface area contributed by atoms with E-state index in [1.165, 1.54) is 0 Å². The highest BCUT2D eigenvalue weighted by atomic mass is 79.9. The Morgan fingerprint density at radius 1 is 1.40 bits per heavy atom. The number of rotatable bonds is 3. The number of alkyl halides is 3. The minimum Gasteiger partial charge on any atom is -0.300 e. The second kappa shape index (κ2) is 5.09. The molecule has 0 amide bonds. The van der Waals surface area contributed by atoms with Gasteiger partial charge in [0, 0.05) is 36.8 Å². The van der Waals surface area contributed by atoms with Gasteiger partial charge in [-0.3, -0.25) is 4.90 Å². The topological polar surface area (TPSA) is 3.24 Å². The van der Waals surface area contributed by atoms with Gasteiger partial charge in [0.2, 0.25) is 0 Å². The first-order valence-electron chi connectivity index (χ1n) is 5.56. The fourth-order valence-corrected chi connectivity index (χ4v) is 2.64. The molecule has 0 N–H and O–H groups in total. The summed E-state index contributed by atoms with van der Waals surface area (Å²) in [6.45, 7) is 7.44. The molecule has 1 nitrogen and oxygen atoms in total. The SMILES string of the molecule is CC(C)C(C)N1CCC(F)(F)C(CBr)C1. The minimum absolute atomic E-state index is 0.000324. The first kappa shape index (κ1) is 13.4. The highest BCUT2D eigenvalue weighted by Gasteiger charge is 2.44. The van der Waals surface area contributed by atoms with Gasteiger partial charge in [-0.25, -0.2) is 8.78 Å². The van der Waals surface area contributed by atoms with Crippen LogP contribution >= 0.6 is 15.9 Å². The zero-order valence-corrected chi connectivity index (χ0v) is 11.2. The summed E-state index contributed by atoms with van der Waals surface area (Å²) >= 11 is 3.19. The van der Waals surface area contributed by atoms with Gasteiger partial charge in [0.15, 0.2) is 0 Å². The van der Waals surface area contributed by atoms with Crippen molar-refractivity contribution in [3.63, 3.8) is 0 Å². The van der Waals surface area contributed by atoms with Crippen LogP contribution in [0.25, 0.3) is 0 Å². The standard InChI is InChI=1S/C11H20BrF2N/c1-8(2)9(3)15-5-4-11(13,14)10(6-12)7-15/h8-10H,4-7H2,1-3H3. The van der Waals surface area contributed by atoms with E-state index >= 15 is 0 Å². The van der Waals surface area contributed by atoms with Crippen LogP contribution in [0.5, 0.6) is 0 Å². The number of hydrogen-bond acceptors (Lipinski definition) is 1. The second-order valence-corrected chi connectivity index (χ2v) is 5.49. The maximum atomic E-state index is 13.5. The molecule has 1 saturated heterocycles. The molecule has 0 aromatic carbocycles. The lowest BCUT2D eigenvalue weighted by Crippen LogP contribution is -2.51. The fourth-order valence-electron chi connectivity index (χ4n) is 1.96. The number of likely N-dealkylation sites (tertiary alicyclic amines) is 1. The van der Waals surface area contributed by atoms with Crippen molar-refractivity contribution in [3.05, 3.63) is 0 Å². The third-order valence-corrected chi connectivity index (χ3v) is 4.29. The van der Waals surface area contributed by atoms with Crippen molar-refractivity contribution >= 4 is 15.9 Å². The third kappa shape index (κ3) is 3.13. The molecule has 90 valence electrons. The van der Waals surface area contributed by atoms with Gasteiger partial charge < -0.3 is 0 Å². The summed E-state index contributed by atoms with van der Waals surface area (Å²) in [7, 11) is 0. The van der Waals surface area contributed by atoms with E-state index in [9.17, 15) is 8.78 Å². The van der Waals surface area contributed by atoms with E-state index in [2.05, 4.69) is 41.6 Å². The van der Waals surface area contributed by atoms with E-state index in [1.54, 1.807) is 0 Å². The number of piperidine rings is 1. The zero-order valence-electron chi connectivity index (χ0n) is 9.64. The van der Waals surface area contributed by atoms with E-state index in [-0.39, 0.29) is 6.42 Å². The first-order valence-corrected chi connectivity index (χ1v) is 6.68. The fraction of sp³-hybridized carbons (Fsp3) is 1.00. The van der Waals surface area contributed by atoms with Crippen LogP contribution in [0.3, 0.4) is 0 Å². The number of hydrogen-bond donors (Lipinski definition) is 0. The van der Waals surface area contributed by atoms with Gasteiger partial charge >= 0.3 is 0 Å². The van der Waals surface area contributed by atoms with Crippen LogP contribution in [-0.2, 0) is 0 Å². The lowest BCUT2D eigenvalue weighted by molar-refractivity contribution is -0.105. The van der Waals surface area contributed by atoms with Crippen LogP contribution < -0.4 is 0 Å². The summed E-state index contributed by atoms with van der Waals surface area (Å²) in [5, 5.41) is 0.390. The second-order valence-electron chi connectivity index (χ2n) is 4.84. The molecule has 2 unspecified atom stereocenters. The average molecular weight is 284 g/mol. The molecule has 1 aliphatic heterocycles. The smallest absolute Gasteiger partial charge is 0.254 e. The Morgan fingerprint density at radius 3 is 2.47 bits per heavy atom. The molecule has 1 aliphatic rings. The van der Waals surface area contributed by atoms with E-state index in [4.69, 9.17) is 0 Å². The van der Waals surface area contributed by atoms with Gasteiger partial charge in [-0.15, -0.1) is 0 Å². The molecule has 4 heteroatoms. The molecule has 0 bridgehead atoms. The molecular weight excluding hydrogens is 264 g/mol. The third-order valence-electron chi connectivity index (χ3n) is 3.51. The quantitative estimate of drug-likeness (QED) is 0.718. The Balaban J connectivity index is 2.61. The summed E-state index contributed by atoms with van der Waals surface area (Å²) in [4.78, 5) is 2.19. The highest BCUT2D eigenvalue weighted by molar-refractivity contribution is 9.09. The number of halogens is 3. The molecule has 0 spiro atoms. The van der Waals surface area contributed by atoms with Gasteiger partial charge in [-0.2, -0.15) is 0 Å². The Labute approximate surface area is 99.3 Å². The lowest BCUT2D eigenvalue weighted by atomic mass is 9.92. The maximum absolute atomic E-state index is 13.5. The van der Waals surface area contributed by atoms with Crippen molar-refractivity contribution in [2.45, 2.75) is 39.2 Å². The Bertz CT molecular complexity index is 209. The Kier molecular flexibility index (Phi) is 4.53. The van der Waals surface area contributed by atoms with Crippen LogP contribution in [0.15, 0.2) is 0 Å². The Morgan fingerprint density at radius 2 is 2.00 bits per heavy atom. The van der Waals surface area contributed by atoms with Crippen molar-refractivity contribution in [3.8, 4) is 0 Å². The van der Waals surface area contributed by atoms with Crippen LogP contribution in [-0.4, -0.2) is 35.3 Å². The normalized spacial score (nSPS) is 29.4. The van der Waals surface area contributed by atoms with Crippen LogP contribution in [0, 0.1) is 11.8 Å². The summed E-state index contributed by atoms with van der Waals surface area (Å²) in [6, 6.07) is 0.391. The highest BCUT2D eigenvalue weighted by Crippen LogP contribution is 2.35. The van der Waals surface area contributed by atoms with E-state index < -0.39 is 11.8 Å². The maximum Gasteiger partial charge on any atom is 0.254 e. The van der Waals surface area contributed by atoms with Crippen molar-refractivity contribution in [1.82, 2.24) is 4.90 Å². The van der Waals surface area contributed by atoms with Gasteiger partial charge in [0.1, 0.15) is 0 Å².